The second-order valence-corrected chi connectivity index (χ2v) is 7.75. The highest BCUT2D eigenvalue weighted by atomic mass is 79.9. The van der Waals surface area contributed by atoms with Crippen molar-refractivity contribution in [3.63, 3.8) is 0 Å². The number of carbonyl (C=O) groups excluding carboxylic acids is 2. The summed E-state index contributed by atoms with van der Waals surface area (Å²) >= 11 is 10.1. The molecule has 0 aliphatic carbocycles. The third-order valence-corrected chi connectivity index (χ3v) is 5.73. The third kappa shape index (κ3) is 4.46. The highest BCUT2D eigenvalue weighted by Gasteiger charge is 2.27. The minimum Gasteiger partial charge on any atom is -0.461 e. The van der Waals surface area contributed by atoms with E-state index in [2.05, 4.69) is 20.9 Å². The lowest BCUT2D eigenvalue weighted by molar-refractivity contribution is 0.0519. The standard InChI is InChI=1S/C17H18BrN3O3S2/c1-5-24-16(23)12-13(26-17(19-12)20(2)3)15(25)21(4)14(22)10-6-8-11(18)9-7-10/h6-9H,5H2,1-4H3. The van der Waals surface area contributed by atoms with Gasteiger partial charge in [-0.3, -0.25) is 4.79 Å². The van der Waals surface area contributed by atoms with Crippen molar-refractivity contribution in [3.8, 4) is 0 Å². The fraction of sp³-hybridized carbons (Fsp3) is 0.294. The van der Waals surface area contributed by atoms with E-state index in [1.165, 1.54) is 16.2 Å². The Balaban J connectivity index is 2.36. The number of aromatic nitrogens is 1. The van der Waals surface area contributed by atoms with Gasteiger partial charge in [0.2, 0.25) is 0 Å². The number of carbonyl (C=O) groups is 2. The van der Waals surface area contributed by atoms with Crippen molar-refractivity contribution >= 4 is 61.5 Å². The van der Waals surface area contributed by atoms with E-state index in [1.807, 2.05) is 14.1 Å². The average molecular weight is 456 g/mol. The van der Waals surface area contributed by atoms with Gasteiger partial charge >= 0.3 is 5.97 Å². The number of anilines is 1. The van der Waals surface area contributed by atoms with Crippen LogP contribution in [0.4, 0.5) is 5.13 Å². The van der Waals surface area contributed by atoms with Gasteiger partial charge < -0.3 is 14.5 Å². The maximum absolute atomic E-state index is 12.7. The molecule has 0 radical (unpaired) electrons. The predicted octanol–water partition coefficient (Wildman–Crippen LogP) is 3.60. The summed E-state index contributed by atoms with van der Waals surface area (Å²) in [6, 6.07) is 6.97. The molecule has 2 rings (SSSR count). The fourth-order valence-electron chi connectivity index (χ4n) is 2.01. The summed E-state index contributed by atoms with van der Waals surface area (Å²) in [4.78, 5) is 33.0. The fourth-order valence-corrected chi connectivity index (χ4v) is 3.53. The number of nitrogens with zero attached hydrogens (tertiary/aromatic N) is 3. The lowest BCUT2D eigenvalue weighted by Gasteiger charge is -2.17. The van der Waals surface area contributed by atoms with Crippen LogP contribution in [0.25, 0.3) is 0 Å². The Bertz CT molecular complexity index is 834. The summed E-state index contributed by atoms with van der Waals surface area (Å²) in [5, 5.41) is 0.606. The largest absolute Gasteiger partial charge is 0.461 e. The minimum atomic E-state index is -0.557. The number of ether oxygens (including phenoxy) is 1. The van der Waals surface area contributed by atoms with Crippen molar-refractivity contribution in [2.45, 2.75) is 6.92 Å². The molecule has 0 aliphatic heterocycles. The molecule has 0 aliphatic rings. The molecule has 0 fully saturated rings. The van der Waals surface area contributed by atoms with Gasteiger partial charge in [-0.25, -0.2) is 9.78 Å². The predicted molar refractivity (Wildman–Crippen MR) is 110 cm³/mol. The molecule has 26 heavy (non-hydrogen) atoms. The molecular formula is C17H18BrN3O3S2. The quantitative estimate of drug-likeness (QED) is 0.506. The van der Waals surface area contributed by atoms with Crippen LogP contribution in [0.15, 0.2) is 28.7 Å². The smallest absolute Gasteiger partial charge is 0.358 e. The van der Waals surface area contributed by atoms with E-state index in [0.717, 1.165) is 4.47 Å². The summed E-state index contributed by atoms with van der Waals surface area (Å²) in [7, 11) is 5.21. The number of benzene rings is 1. The van der Waals surface area contributed by atoms with Crippen molar-refractivity contribution in [2.75, 3.05) is 32.6 Å². The topological polar surface area (TPSA) is 62.7 Å². The first-order chi connectivity index (χ1) is 12.3. The lowest BCUT2D eigenvalue weighted by Crippen LogP contribution is -2.33. The molecule has 0 spiro atoms. The van der Waals surface area contributed by atoms with E-state index >= 15 is 0 Å². The van der Waals surface area contributed by atoms with Gasteiger partial charge in [-0.2, -0.15) is 0 Å². The van der Waals surface area contributed by atoms with E-state index in [0.29, 0.717) is 15.6 Å². The Labute approximate surface area is 169 Å². The van der Waals surface area contributed by atoms with E-state index in [4.69, 9.17) is 17.0 Å². The van der Waals surface area contributed by atoms with Gasteiger partial charge in [-0.1, -0.05) is 39.5 Å². The molecule has 1 heterocycles. The molecule has 0 bridgehead atoms. The highest BCUT2D eigenvalue weighted by Crippen LogP contribution is 2.28. The Morgan fingerprint density at radius 3 is 2.38 bits per heavy atom. The van der Waals surface area contributed by atoms with Gasteiger partial charge in [0, 0.05) is 31.2 Å². The van der Waals surface area contributed by atoms with Crippen LogP contribution in [0.2, 0.25) is 0 Å². The Kier molecular flexibility index (Phi) is 6.85. The number of hydrogen-bond donors (Lipinski definition) is 0. The second-order valence-electron chi connectivity index (χ2n) is 5.47. The van der Waals surface area contributed by atoms with E-state index in [9.17, 15) is 9.59 Å². The minimum absolute atomic E-state index is 0.126. The summed E-state index contributed by atoms with van der Waals surface area (Å²) in [5.41, 5.74) is 0.620. The van der Waals surface area contributed by atoms with Crippen molar-refractivity contribution < 1.29 is 14.3 Å². The summed E-state index contributed by atoms with van der Waals surface area (Å²) in [6.45, 7) is 1.95. The molecule has 0 unspecified atom stereocenters. The summed E-state index contributed by atoms with van der Waals surface area (Å²) in [6.07, 6.45) is 0. The molecule has 0 saturated heterocycles. The first-order valence-corrected chi connectivity index (χ1v) is 9.71. The van der Waals surface area contributed by atoms with Crippen LogP contribution >= 0.6 is 39.5 Å². The van der Waals surface area contributed by atoms with Gasteiger partial charge in [0.05, 0.1) is 11.5 Å². The van der Waals surface area contributed by atoms with E-state index < -0.39 is 5.97 Å². The molecule has 0 atom stereocenters. The Morgan fingerprint density at radius 1 is 1.23 bits per heavy atom. The van der Waals surface area contributed by atoms with Gasteiger partial charge in [-0.05, 0) is 31.2 Å². The molecule has 138 valence electrons. The highest BCUT2D eigenvalue weighted by molar-refractivity contribution is 9.10. The number of halogens is 1. The number of rotatable bonds is 5. The third-order valence-electron chi connectivity index (χ3n) is 3.36. The molecule has 6 nitrogen and oxygen atoms in total. The van der Waals surface area contributed by atoms with Crippen molar-refractivity contribution in [2.24, 2.45) is 0 Å². The normalized spacial score (nSPS) is 10.3. The van der Waals surface area contributed by atoms with Crippen LogP contribution in [0.1, 0.15) is 32.6 Å². The number of esters is 1. The lowest BCUT2D eigenvalue weighted by atomic mass is 10.2. The van der Waals surface area contributed by atoms with Crippen LogP contribution in [-0.4, -0.2) is 54.5 Å². The number of hydrogen-bond acceptors (Lipinski definition) is 7. The Morgan fingerprint density at radius 2 is 1.85 bits per heavy atom. The Hall–Kier alpha value is -1.84. The molecule has 0 saturated carbocycles. The monoisotopic (exact) mass is 455 g/mol. The van der Waals surface area contributed by atoms with Gasteiger partial charge in [0.15, 0.2) is 10.8 Å². The van der Waals surface area contributed by atoms with E-state index in [1.54, 1.807) is 43.1 Å². The van der Waals surface area contributed by atoms with E-state index in [-0.39, 0.29) is 23.2 Å². The summed E-state index contributed by atoms with van der Waals surface area (Å²) in [5.74, 6) is -0.823. The number of thiazole rings is 1. The number of thiocarbonyl (C=S) groups is 1. The average Bonchev–Trinajstić information content (AvgIpc) is 3.06. The second kappa shape index (κ2) is 8.70. The van der Waals surface area contributed by atoms with Crippen LogP contribution in [0, 0.1) is 0 Å². The molecular weight excluding hydrogens is 438 g/mol. The van der Waals surface area contributed by atoms with Crippen LogP contribution in [-0.2, 0) is 4.74 Å². The van der Waals surface area contributed by atoms with Crippen LogP contribution in [0.5, 0.6) is 0 Å². The zero-order chi connectivity index (χ0) is 19.4. The number of amides is 1. The van der Waals surface area contributed by atoms with Gasteiger partial charge in [0.25, 0.3) is 5.91 Å². The van der Waals surface area contributed by atoms with Gasteiger partial charge in [0.1, 0.15) is 4.99 Å². The van der Waals surface area contributed by atoms with Crippen molar-refractivity contribution in [3.05, 3.63) is 44.9 Å². The zero-order valence-electron chi connectivity index (χ0n) is 14.8. The van der Waals surface area contributed by atoms with Crippen molar-refractivity contribution in [1.29, 1.82) is 0 Å². The molecule has 2 aromatic rings. The first-order valence-electron chi connectivity index (χ1n) is 7.69. The van der Waals surface area contributed by atoms with Crippen LogP contribution < -0.4 is 4.90 Å². The maximum atomic E-state index is 12.7. The molecule has 1 amide bonds. The maximum Gasteiger partial charge on any atom is 0.358 e. The van der Waals surface area contributed by atoms with Gasteiger partial charge in [-0.15, -0.1) is 0 Å². The molecule has 0 N–H and O–H groups in total. The molecule has 1 aromatic carbocycles. The first kappa shape index (κ1) is 20.5. The SMILES string of the molecule is CCOC(=O)c1nc(N(C)C)sc1C(=S)N(C)C(=O)c1ccc(Br)cc1. The zero-order valence-corrected chi connectivity index (χ0v) is 18.0. The molecule has 1 aromatic heterocycles. The van der Waals surface area contributed by atoms with Crippen LogP contribution in [0.3, 0.4) is 0 Å². The summed E-state index contributed by atoms with van der Waals surface area (Å²) < 4.78 is 5.95. The van der Waals surface area contributed by atoms with Crippen molar-refractivity contribution in [1.82, 2.24) is 9.88 Å². The molecule has 9 heteroatoms.